The fourth-order valence-corrected chi connectivity index (χ4v) is 2.35. The van der Waals surface area contributed by atoms with E-state index in [0.717, 1.165) is 29.5 Å². The van der Waals surface area contributed by atoms with Crippen LogP contribution < -0.4 is 0 Å². The maximum Gasteiger partial charge on any atom is 0.189 e. The smallest absolute Gasteiger partial charge is 0.189 e. The summed E-state index contributed by atoms with van der Waals surface area (Å²) in [5, 5.41) is 9.50. The molecule has 94 valence electrons. The molecule has 0 saturated heterocycles. The number of aromatic nitrogens is 1. The van der Waals surface area contributed by atoms with Gasteiger partial charge in [-0.3, -0.25) is 9.78 Å². The molecule has 0 atom stereocenters. The maximum absolute atomic E-state index is 12.4. The monoisotopic (exact) mass is 251 g/mol. The minimum atomic E-state index is 0.000929. The number of rotatable bonds is 1. The first kappa shape index (κ1) is 11.7. The van der Waals surface area contributed by atoms with Gasteiger partial charge in [0.1, 0.15) is 5.75 Å². The molecule has 1 aliphatic carbocycles. The van der Waals surface area contributed by atoms with E-state index in [1.807, 2.05) is 24.3 Å². The van der Waals surface area contributed by atoms with E-state index in [1.165, 1.54) is 0 Å². The number of benzene rings is 1. The molecule has 0 aliphatic heterocycles. The summed E-state index contributed by atoms with van der Waals surface area (Å²) in [5.41, 5.74) is 3.31. The number of fused-ring (bicyclic) bond motifs is 1. The number of aromatic hydroxyl groups is 1. The number of carbonyl (C=O) groups excluding carboxylic acids is 1. The first-order valence-corrected chi connectivity index (χ1v) is 6.21. The van der Waals surface area contributed by atoms with Crippen molar-refractivity contribution in [3.05, 3.63) is 65.0 Å². The minimum Gasteiger partial charge on any atom is -0.508 e. The molecule has 3 heteroatoms. The van der Waals surface area contributed by atoms with Gasteiger partial charge >= 0.3 is 0 Å². The van der Waals surface area contributed by atoms with Crippen LogP contribution >= 0.6 is 0 Å². The van der Waals surface area contributed by atoms with Crippen molar-refractivity contribution in [1.82, 2.24) is 4.98 Å². The average Bonchev–Trinajstić information content (AvgIpc) is 2.44. The van der Waals surface area contributed by atoms with Gasteiger partial charge in [0.25, 0.3) is 0 Å². The van der Waals surface area contributed by atoms with Crippen LogP contribution in [0.25, 0.3) is 6.08 Å². The van der Waals surface area contributed by atoms with Gasteiger partial charge in [-0.2, -0.15) is 0 Å². The Morgan fingerprint density at radius 3 is 2.89 bits per heavy atom. The molecular weight excluding hydrogens is 238 g/mol. The van der Waals surface area contributed by atoms with Crippen molar-refractivity contribution in [2.75, 3.05) is 0 Å². The summed E-state index contributed by atoms with van der Waals surface area (Å²) in [6.07, 6.45) is 6.87. The Hall–Kier alpha value is -2.42. The first-order valence-electron chi connectivity index (χ1n) is 6.21. The van der Waals surface area contributed by atoms with Crippen LogP contribution in [0.3, 0.4) is 0 Å². The van der Waals surface area contributed by atoms with Crippen LogP contribution in [0, 0.1) is 0 Å². The van der Waals surface area contributed by atoms with E-state index in [9.17, 15) is 9.90 Å². The SMILES string of the molecule is O=C1/C(=C/c2cccnc2)CCc2ccc(O)cc21. The van der Waals surface area contributed by atoms with Crippen LogP contribution in [0.4, 0.5) is 0 Å². The normalized spacial score (nSPS) is 16.4. The van der Waals surface area contributed by atoms with E-state index in [4.69, 9.17) is 0 Å². The molecule has 0 unspecified atom stereocenters. The van der Waals surface area contributed by atoms with Crippen molar-refractivity contribution in [3.63, 3.8) is 0 Å². The lowest BCUT2D eigenvalue weighted by Crippen LogP contribution is -2.13. The van der Waals surface area contributed by atoms with Gasteiger partial charge in [-0.25, -0.2) is 0 Å². The number of ketones is 1. The standard InChI is InChI=1S/C16H13NO2/c18-14-6-5-12-3-4-13(16(19)15(12)9-14)8-11-2-1-7-17-10-11/h1-2,5-10,18H,3-4H2/b13-8+. The number of hydrogen-bond donors (Lipinski definition) is 1. The van der Waals surface area contributed by atoms with Gasteiger partial charge in [-0.15, -0.1) is 0 Å². The molecule has 3 rings (SSSR count). The third-order valence-corrected chi connectivity index (χ3v) is 3.32. The lowest BCUT2D eigenvalue weighted by atomic mass is 9.86. The molecule has 0 spiro atoms. The summed E-state index contributed by atoms with van der Waals surface area (Å²) in [4.78, 5) is 16.4. The Kier molecular flexibility index (Phi) is 2.88. The molecule has 0 saturated carbocycles. The number of pyridine rings is 1. The Morgan fingerprint density at radius 1 is 1.21 bits per heavy atom. The molecule has 2 aromatic rings. The van der Waals surface area contributed by atoms with E-state index in [1.54, 1.807) is 24.5 Å². The first-order chi connectivity index (χ1) is 9.24. The van der Waals surface area contributed by atoms with Gasteiger partial charge in [0.15, 0.2) is 5.78 Å². The van der Waals surface area contributed by atoms with Crippen LogP contribution in [0.2, 0.25) is 0 Å². The molecule has 0 radical (unpaired) electrons. The number of Topliss-reactive ketones (excluding diaryl/α,β-unsaturated/α-hetero) is 1. The van der Waals surface area contributed by atoms with E-state index in [2.05, 4.69) is 4.98 Å². The zero-order valence-electron chi connectivity index (χ0n) is 10.3. The van der Waals surface area contributed by atoms with Gasteiger partial charge in [-0.1, -0.05) is 12.1 Å². The van der Waals surface area contributed by atoms with E-state index >= 15 is 0 Å². The summed E-state index contributed by atoms with van der Waals surface area (Å²) in [5.74, 6) is 0.135. The van der Waals surface area contributed by atoms with Crippen molar-refractivity contribution in [1.29, 1.82) is 0 Å². The van der Waals surface area contributed by atoms with Crippen LogP contribution in [0.15, 0.2) is 48.3 Å². The van der Waals surface area contributed by atoms with Gasteiger partial charge in [0, 0.05) is 23.5 Å². The number of carbonyl (C=O) groups is 1. The quantitative estimate of drug-likeness (QED) is 0.793. The van der Waals surface area contributed by atoms with Crippen LogP contribution in [0.1, 0.15) is 27.9 Å². The second-order valence-corrected chi connectivity index (χ2v) is 4.63. The molecule has 1 N–H and O–H groups in total. The number of phenolic OH excluding ortho intramolecular Hbond substituents is 1. The Bertz CT molecular complexity index is 660. The number of phenols is 1. The molecule has 19 heavy (non-hydrogen) atoms. The molecule has 1 aliphatic rings. The van der Waals surface area contributed by atoms with E-state index in [-0.39, 0.29) is 11.5 Å². The highest BCUT2D eigenvalue weighted by molar-refractivity contribution is 6.13. The van der Waals surface area contributed by atoms with Crippen molar-refractivity contribution in [2.45, 2.75) is 12.8 Å². The maximum atomic E-state index is 12.4. The highest BCUT2D eigenvalue weighted by Crippen LogP contribution is 2.28. The van der Waals surface area contributed by atoms with E-state index in [0.29, 0.717) is 5.56 Å². The van der Waals surface area contributed by atoms with Gasteiger partial charge < -0.3 is 5.11 Å². The van der Waals surface area contributed by atoms with Crippen molar-refractivity contribution < 1.29 is 9.90 Å². The zero-order valence-corrected chi connectivity index (χ0v) is 10.3. The lowest BCUT2D eigenvalue weighted by molar-refractivity contribution is 0.102. The van der Waals surface area contributed by atoms with Crippen molar-refractivity contribution in [3.8, 4) is 5.75 Å². The highest BCUT2D eigenvalue weighted by atomic mass is 16.3. The lowest BCUT2D eigenvalue weighted by Gasteiger charge is -2.17. The molecule has 0 amide bonds. The van der Waals surface area contributed by atoms with Crippen LogP contribution in [0.5, 0.6) is 5.75 Å². The third kappa shape index (κ3) is 2.27. The molecule has 1 aromatic heterocycles. The largest absolute Gasteiger partial charge is 0.508 e. The second-order valence-electron chi connectivity index (χ2n) is 4.63. The van der Waals surface area contributed by atoms with Crippen molar-refractivity contribution >= 4 is 11.9 Å². The summed E-state index contributed by atoms with van der Waals surface area (Å²) < 4.78 is 0. The highest BCUT2D eigenvalue weighted by Gasteiger charge is 2.22. The second kappa shape index (κ2) is 4.69. The fourth-order valence-electron chi connectivity index (χ4n) is 2.35. The molecule has 0 fully saturated rings. The van der Waals surface area contributed by atoms with Crippen LogP contribution in [-0.2, 0) is 6.42 Å². The molecule has 3 nitrogen and oxygen atoms in total. The third-order valence-electron chi connectivity index (χ3n) is 3.32. The van der Waals surface area contributed by atoms with Gasteiger partial charge in [0.2, 0.25) is 0 Å². The Labute approximate surface area is 111 Å². The summed E-state index contributed by atoms with van der Waals surface area (Å²) in [6.45, 7) is 0. The molecule has 1 heterocycles. The number of aryl methyl sites for hydroxylation is 1. The number of nitrogens with zero attached hydrogens (tertiary/aromatic N) is 1. The van der Waals surface area contributed by atoms with Crippen LogP contribution in [-0.4, -0.2) is 15.9 Å². The van der Waals surface area contributed by atoms with Crippen molar-refractivity contribution in [2.24, 2.45) is 0 Å². The van der Waals surface area contributed by atoms with E-state index < -0.39 is 0 Å². The number of allylic oxidation sites excluding steroid dienone is 1. The molecular formula is C16H13NO2. The Balaban J connectivity index is 2.00. The number of hydrogen-bond acceptors (Lipinski definition) is 3. The minimum absolute atomic E-state index is 0.000929. The van der Waals surface area contributed by atoms with Gasteiger partial charge in [-0.05, 0) is 48.2 Å². The average molecular weight is 251 g/mol. The summed E-state index contributed by atoms with van der Waals surface area (Å²) in [7, 11) is 0. The predicted octanol–water partition coefficient (Wildman–Crippen LogP) is 3.00. The zero-order chi connectivity index (χ0) is 13.2. The molecule has 1 aromatic carbocycles. The summed E-state index contributed by atoms with van der Waals surface area (Å²) in [6, 6.07) is 8.77. The molecule has 0 bridgehead atoms. The summed E-state index contributed by atoms with van der Waals surface area (Å²) >= 11 is 0. The van der Waals surface area contributed by atoms with Gasteiger partial charge in [0.05, 0.1) is 0 Å². The fraction of sp³-hybridized carbons (Fsp3) is 0.125. The Morgan fingerprint density at radius 2 is 2.11 bits per heavy atom. The topological polar surface area (TPSA) is 50.2 Å². The predicted molar refractivity (Wildman–Crippen MR) is 73.0 cm³/mol.